The highest BCUT2D eigenvalue weighted by atomic mass is 32.1. The Balaban J connectivity index is 1.68. The third-order valence-corrected chi connectivity index (χ3v) is 5.61. The van der Waals surface area contributed by atoms with Gasteiger partial charge in [0.05, 0.1) is 12.8 Å². The zero-order valence-electron chi connectivity index (χ0n) is 19.0. The first-order chi connectivity index (χ1) is 16.0. The van der Waals surface area contributed by atoms with E-state index in [-0.39, 0.29) is 11.6 Å². The summed E-state index contributed by atoms with van der Waals surface area (Å²) in [5.74, 6) is 0.0516. The van der Waals surface area contributed by atoms with E-state index in [0.717, 1.165) is 11.3 Å². The number of nitrogens with zero attached hydrogens (tertiary/aromatic N) is 2. The summed E-state index contributed by atoms with van der Waals surface area (Å²) in [5.41, 5.74) is 1.96. The van der Waals surface area contributed by atoms with Crippen LogP contribution in [0.5, 0.6) is 5.75 Å². The third-order valence-electron chi connectivity index (χ3n) is 4.85. The number of aromatic nitrogens is 1. The molecule has 0 bridgehead atoms. The molecule has 1 atom stereocenters. The van der Waals surface area contributed by atoms with Gasteiger partial charge in [-0.1, -0.05) is 42.5 Å². The molecule has 9 heteroatoms. The van der Waals surface area contributed by atoms with E-state index < -0.39 is 11.9 Å². The number of amides is 2. The van der Waals surface area contributed by atoms with Gasteiger partial charge in [-0.15, -0.1) is 11.3 Å². The molecule has 33 heavy (non-hydrogen) atoms. The first-order valence-electron chi connectivity index (χ1n) is 10.6. The molecule has 1 unspecified atom stereocenters. The van der Waals surface area contributed by atoms with E-state index in [1.807, 2.05) is 73.6 Å². The van der Waals surface area contributed by atoms with Crippen LogP contribution in [0.2, 0.25) is 0 Å². The molecule has 1 aromatic heterocycles. The van der Waals surface area contributed by atoms with E-state index in [0.29, 0.717) is 30.4 Å². The molecule has 0 saturated carbocycles. The lowest BCUT2D eigenvalue weighted by atomic mass is 10.1. The van der Waals surface area contributed by atoms with Crippen molar-refractivity contribution in [3.63, 3.8) is 0 Å². The van der Waals surface area contributed by atoms with Gasteiger partial charge >= 0.3 is 0 Å². The van der Waals surface area contributed by atoms with Crippen molar-refractivity contribution in [3.8, 4) is 5.75 Å². The Bertz CT molecular complexity index is 1060. The fraction of sp³-hybridized carbons (Fsp3) is 0.292. The quantitative estimate of drug-likeness (QED) is 0.401. The standard InChI is InChI=1S/C24H29N5O3S/c1-29(2)14-13-25-22(30)19(15-17-9-5-4-6-10-17)26-23(31)20-16-33-24(28-20)27-18-11-7-8-12-21(18)32-3/h4-12,16,19H,13-15H2,1-3H3,(H,25,30)(H,26,31)(H,27,28). The summed E-state index contributed by atoms with van der Waals surface area (Å²) < 4.78 is 5.34. The van der Waals surface area contributed by atoms with Gasteiger partial charge < -0.3 is 25.6 Å². The lowest BCUT2D eigenvalue weighted by molar-refractivity contribution is -0.123. The average molecular weight is 468 g/mol. The van der Waals surface area contributed by atoms with E-state index >= 15 is 0 Å². The predicted molar refractivity (Wildman–Crippen MR) is 131 cm³/mol. The molecule has 3 N–H and O–H groups in total. The molecule has 8 nitrogen and oxygen atoms in total. The fourth-order valence-corrected chi connectivity index (χ4v) is 3.82. The highest BCUT2D eigenvalue weighted by Gasteiger charge is 2.23. The highest BCUT2D eigenvalue weighted by Crippen LogP contribution is 2.28. The number of anilines is 2. The van der Waals surface area contributed by atoms with Crippen LogP contribution >= 0.6 is 11.3 Å². The first kappa shape index (κ1) is 24.2. The van der Waals surface area contributed by atoms with Crippen LogP contribution in [0.25, 0.3) is 0 Å². The molecule has 0 aliphatic carbocycles. The summed E-state index contributed by atoms with van der Waals surface area (Å²) in [7, 11) is 5.47. The SMILES string of the molecule is COc1ccccc1Nc1nc(C(=O)NC(Cc2ccccc2)C(=O)NCCN(C)C)cs1. The number of ether oxygens (including phenoxy) is 1. The Kier molecular flexibility index (Phi) is 8.79. The van der Waals surface area contributed by atoms with Gasteiger partial charge in [-0.2, -0.15) is 0 Å². The number of thiazole rings is 1. The van der Waals surface area contributed by atoms with Crippen molar-refractivity contribution in [2.24, 2.45) is 0 Å². The normalized spacial score (nSPS) is 11.6. The van der Waals surface area contributed by atoms with Gasteiger partial charge in [0, 0.05) is 24.9 Å². The molecule has 1 heterocycles. The molecular weight excluding hydrogens is 438 g/mol. The lowest BCUT2D eigenvalue weighted by Gasteiger charge is -2.19. The lowest BCUT2D eigenvalue weighted by Crippen LogP contribution is -2.49. The van der Waals surface area contributed by atoms with Crippen molar-refractivity contribution >= 4 is 34.0 Å². The molecule has 0 aliphatic heterocycles. The van der Waals surface area contributed by atoms with Crippen molar-refractivity contribution in [2.75, 3.05) is 39.6 Å². The number of nitrogens with one attached hydrogen (secondary N) is 3. The minimum atomic E-state index is -0.714. The number of hydrogen-bond donors (Lipinski definition) is 3. The maximum Gasteiger partial charge on any atom is 0.271 e. The number of para-hydroxylation sites is 2. The van der Waals surface area contributed by atoms with Crippen LogP contribution in [-0.4, -0.2) is 62.0 Å². The third kappa shape index (κ3) is 7.30. The fourth-order valence-electron chi connectivity index (χ4n) is 3.12. The second kappa shape index (κ2) is 12.0. The minimum absolute atomic E-state index is 0.225. The van der Waals surface area contributed by atoms with Gasteiger partial charge in [0.1, 0.15) is 17.5 Å². The number of rotatable bonds is 11. The molecule has 2 aromatic carbocycles. The molecule has 3 rings (SSSR count). The zero-order chi connectivity index (χ0) is 23.6. The molecular formula is C24H29N5O3S. The number of carbonyl (C=O) groups excluding carboxylic acids is 2. The number of methoxy groups -OCH3 is 1. The Morgan fingerprint density at radius 3 is 2.55 bits per heavy atom. The molecule has 2 amide bonds. The highest BCUT2D eigenvalue weighted by molar-refractivity contribution is 7.14. The van der Waals surface area contributed by atoms with Crippen LogP contribution in [0.15, 0.2) is 60.0 Å². The van der Waals surface area contributed by atoms with E-state index in [4.69, 9.17) is 4.74 Å². The summed E-state index contributed by atoms with van der Waals surface area (Å²) in [5, 5.41) is 11.1. The van der Waals surface area contributed by atoms with Gasteiger partial charge in [-0.05, 0) is 31.8 Å². The van der Waals surface area contributed by atoms with Crippen molar-refractivity contribution in [1.29, 1.82) is 0 Å². The number of likely N-dealkylation sites (N-methyl/N-ethyl adjacent to an activating group) is 1. The van der Waals surface area contributed by atoms with E-state index in [2.05, 4.69) is 20.9 Å². The second-order valence-corrected chi connectivity index (χ2v) is 8.53. The average Bonchev–Trinajstić information content (AvgIpc) is 3.28. The van der Waals surface area contributed by atoms with Crippen molar-refractivity contribution < 1.29 is 14.3 Å². The molecule has 3 aromatic rings. The topological polar surface area (TPSA) is 95.6 Å². The van der Waals surface area contributed by atoms with Crippen LogP contribution in [-0.2, 0) is 11.2 Å². The Labute approximate surface area is 198 Å². The van der Waals surface area contributed by atoms with Crippen LogP contribution < -0.4 is 20.7 Å². The van der Waals surface area contributed by atoms with Crippen molar-refractivity contribution in [1.82, 2.24) is 20.5 Å². The zero-order valence-corrected chi connectivity index (χ0v) is 19.8. The summed E-state index contributed by atoms with van der Waals surface area (Å²) >= 11 is 1.30. The van der Waals surface area contributed by atoms with Crippen molar-refractivity contribution in [2.45, 2.75) is 12.5 Å². The van der Waals surface area contributed by atoms with Crippen molar-refractivity contribution in [3.05, 3.63) is 71.2 Å². The molecule has 0 fully saturated rings. The smallest absolute Gasteiger partial charge is 0.271 e. The molecule has 0 saturated heterocycles. The maximum absolute atomic E-state index is 12.9. The van der Waals surface area contributed by atoms with E-state index in [1.54, 1.807) is 12.5 Å². The first-order valence-corrected chi connectivity index (χ1v) is 11.5. The number of benzene rings is 2. The minimum Gasteiger partial charge on any atom is -0.495 e. The monoisotopic (exact) mass is 467 g/mol. The van der Waals surface area contributed by atoms with Gasteiger partial charge in [-0.3, -0.25) is 9.59 Å². The van der Waals surface area contributed by atoms with Crippen LogP contribution in [0.1, 0.15) is 16.1 Å². The molecule has 174 valence electrons. The largest absolute Gasteiger partial charge is 0.495 e. The van der Waals surface area contributed by atoms with Crippen LogP contribution in [0.4, 0.5) is 10.8 Å². The van der Waals surface area contributed by atoms with Gasteiger partial charge in [-0.25, -0.2) is 4.98 Å². The molecule has 0 aliphatic rings. The van der Waals surface area contributed by atoms with Gasteiger partial charge in [0.25, 0.3) is 5.91 Å². The van der Waals surface area contributed by atoms with Gasteiger partial charge in [0.15, 0.2) is 5.13 Å². The van der Waals surface area contributed by atoms with E-state index in [9.17, 15) is 9.59 Å². The number of hydrogen-bond acceptors (Lipinski definition) is 7. The Morgan fingerprint density at radius 1 is 1.09 bits per heavy atom. The Morgan fingerprint density at radius 2 is 1.82 bits per heavy atom. The maximum atomic E-state index is 12.9. The summed E-state index contributed by atoms with van der Waals surface area (Å²) in [6.45, 7) is 1.21. The number of carbonyl (C=O) groups is 2. The van der Waals surface area contributed by atoms with Crippen LogP contribution in [0, 0.1) is 0 Å². The summed E-state index contributed by atoms with van der Waals surface area (Å²) in [6.07, 6.45) is 0.386. The van der Waals surface area contributed by atoms with E-state index in [1.165, 1.54) is 11.3 Å². The van der Waals surface area contributed by atoms with Gasteiger partial charge in [0.2, 0.25) is 5.91 Å². The summed E-state index contributed by atoms with van der Waals surface area (Å²) in [6, 6.07) is 16.4. The second-order valence-electron chi connectivity index (χ2n) is 7.67. The summed E-state index contributed by atoms with van der Waals surface area (Å²) in [4.78, 5) is 32.1. The molecule has 0 spiro atoms. The Hall–Kier alpha value is -3.43. The molecule has 0 radical (unpaired) electrons. The predicted octanol–water partition coefficient (Wildman–Crippen LogP) is 2.91. The van der Waals surface area contributed by atoms with Crippen LogP contribution in [0.3, 0.4) is 0 Å².